The molecule has 0 N–H and O–H groups in total. The molecule has 2 heteroatoms. The second-order valence-electron chi connectivity index (χ2n) is 3.29. The number of furan rings is 1. The number of methoxy groups -OCH3 is 1. The summed E-state index contributed by atoms with van der Waals surface area (Å²) in [7, 11) is 1.66. The lowest BCUT2D eigenvalue weighted by Gasteiger charge is -1.97. The van der Waals surface area contributed by atoms with Gasteiger partial charge in [-0.25, -0.2) is 0 Å². The van der Waals surface area contributed by atoms with Gasteiger partial charge < -0.3 is 9.15 Å². The molecule has 0 fully saturated rings. The third-order valence-electron chi connectivity index (χ3n) is 2.16. The Labute approximate surface area is 94.5 Å². The molecular formula is C14H12O2. The first kappa shape index (κ1) is 10.3. The summed E-state index contributed by atoms with van der Waals surface area (Å²) in [4.78, 5) is 0. The molecule has 2 aromatic rings. The Kier molecular flexibility index (Phi) is 3.27. The maximum Gasteiger partial charge on any atom is 0.118 e. The Bertz CT molecular complexity index is 486. The Balaban J connectivity index is 2.11. The van der Waals surface area contributed by atoms with Gasteiger partial charge in [0.25, 0.3) is 0 Å². The predicted octanol–water partition coefficient (Wildman–Crippen LogP) is 3.61. The van der Waals surface area contributed by atoms with Gasteiger partial charge in [-0.15, -0.1) is 5.73 Å². The van der Waals surface area contributed by atoms with E-state index in [1.54, 1.807) is 19.6 Å². The summed E-state index contributed by atoms with van der Waals surface area (Å²) in [5.41, 5.74) is 5.18. The highest BCUT2D eigenvalue weighted by molar-refractivity contribution is 5.57. The molecule has 80 valence electrons. The van der Waals surface area contributed by atoms with E-state index < -0.39 is 0 Å². The molecule has 0 aliphatic carbocycles. The number of rotatable bonds is 3. The number of benzene rings is 1. The van der Waals surface area contributed by atoms with Crippen LogP contribution >= 0.6 is 0 Å². The maximum atomic E-state index is 5.08. The quantitative estimate of drug-likeness (QED) is 0.725. The zero-order chi connectivity index (χ0) is 11.2. The molecule has 0 unspecified atom stereocenters. The van der Waals surface area contributed by atoms with Crippen molar-refractivity contribution in [2.75, 3.05) is 7.11 Å². The highest BCUT2D eigenvalue weighted by atomic mass is 16.5. The molecule has 2 rings (SSSR count). The lowest BCUT2D eigenvalue weighted by molar-refractivity contribution is 0.415. The van der Waals surface area contributed by atoms with E-state index >= 15 is 0 Å². The van der Waals surface area contributed by atoms with Gasteiger partial charge in [0.1, 0.15) is 5.75 Å². The van der Waals surface area contributed by atoms with Crippen LogP contribution in [0.5, 0.6) is 5.75 Å². The van der Waals surface area contributed by atoms with Crippen molar-refractivity contribution in [1.29, 1.82) is 0 Å². The summed E-state index contributed by atoms with van der Waals surface area (Å²) in [5.74, 6) is 0.857. The first-order valence-electron chi connectivity index (χ1n) is 4.97. The summed E-state index contributed by atoms with van der Waals surface area (Å²) < 4.78 is 10.0. The van der Waals surface area contributed by atoms with E-state index in [0.29, 0.717) is 0 Å². The van der Waals surface area contributed by atoms with E-state index in [0.717, 1.165) is 16.9 Å². The van der Waals surface area contributed by atoms with Crippen molar-refractivity contribution in [3.63, 3.8) is 0 Å². The minimum absolute atomic E-state index is 0.857. The van der Waals surface area contributed by atoms with Crippen molar-refractivity contribution < 1.29 is 9.15 Å². The third-order valence-corrected chi connectivity index (χ3v) is 2.16. The fraction of sp³-hybridized carbons (Fsp3) is 0.0714. The van der Waals surface area contributed by atoms with Crippen LogP contribution in [0.2, 0.25) is 0 Å². The summed E-state index contributed by atoms with van der Waals surface area (Å²) in [6, 6.07) is 9.69. The summed E-state index contributed by atoms with van der Waals surface area (Å²) >= 11 is 0. The zero-order valence-corrected chi connectivity index (χ0v) is 9.01. The van der Waals surface area contributed by atoms with E-state index in [4.69, 9.17) is 9.15 Å². The van der Waals surface area contributed by atoms with E-state index in [9.17, 15) is 0 Å². The smallest absolute Gasteiger partial charge is 0.118 e. The van der Waals surface area contributed by atoms with Crippen LogP contribution in [0.1, 0.15) is 11.1 Å². The zero-order valence-electron chi connectivity index (χ0n) is 9.01. The molecule has 0 saturated carbocycles. The molecule has 2 nitrogen and oxygen atoms in total. The van der Waals surface area contributed by atoms with Crippen LogP contribution in [0.15, 0.2) is 53.0 Å². The largest absolute Gasteiger partial charge is 0.497 e. The average molecular weight is 212 g/mol. The Morgan fingerprint density at radius 1 is 1.06 bits per heavy atom. The van der Waals surface area contributed by atoms with Gasteiger partial charge in [0.05, 0.1) is 19.6 Å². The van der Waals surface area contributed by atoms with Gasteiger partial charge in [-0.2, -0.15) is 0 Å². The van der Waals surface area contributed by atoms with Gasteiger partial charge in [0.2, 0.25) is 0 Å². The molecule has 1 aromatic carbocycles. The Hall–Kier alpha value is -2.18. The van der Waals surface area contributed by atoms with Crippen LogP contribution in [0, 0.1) is 0 Å². The molecule has 1 aromatic heterocycles. The SMILES string of the molecule is COc1ccc(C=C=Cc2ccoc2)cc1. The molecule has 0 bridgehead atoms. The van der Waals surface area contributed by atoms with Crippen molar-refractivity contribution in [1.82, 2.24) is 0 Å². The van der Waals surface area contributed by atoms with Crippen molar-refractivity contribution in [2.24, 2.45) is 0 Å². The van der Waals surface area contributed by atoms with Gasteiger partial charge >= 0.3 is 0 Å². The lowest BCUT2D eigenvalue weighted by atomic mass is 10.2. The Morgan fingerprint density at radius 2 is 1.81 bits per heavy atom. The summed E-state index contributed by atoms with van der Waals surface area (Å²) in [6.45, 7) is 0. The first-order valence-corrected chi connectivity index (χ1v) is 4.97. The standard InChI is InChI=1S/C14H12O2/c1-15-14-7-5-12(6-8-14)3-2-4-13-9-10-16-11-13/h3-11H,1H3. The third kappa shape index (κ3) is 2.66. The van der Waals surface area contributed by atoms with E-state index in [-0.39, 0.29) is 0 Å². The van der Waals surface area contributed by atoms with E-state index in [1.807, 2.05) is 42.5 Å². The highest BCUT2D eigenvalue weighted by Gasteiger charge is 1.89. The highest BCUT2D eigenvalue weighted by Crippen LogP contribution is 2.12. The molecular weight excluding hydrogens is 200 g/mol. The van der Waals surface area contributed by atoms with Crippen molar-refractivity contribution in [3.05, 3.63) is 59.7 Å². The maximum absolute atomic E-state index is 5.08. The van der Waals surface area contributed by atoms with Gasteiger partial charge in [-0.05, 0) is 35.9 Å². The molecule has 0 aliphatic rings. The summed E-state index contributed by atoms with van der Waals surface area (Å²) in [5, 5.41) is 0. The van der Waals surface area contributed by atoms with Crippen molar-refractivity contribution in [2.45, 2.75) is 0 Å². The monoisotopic (exact) mass is 212 g/mol. The van der Waals surface area contributed by atoms with E-state index in [1.165, 1.54) is 0 Å². The summed E-state index contributed by atoms with van der Waals surface area (Å²) in [6.07, 6.45) is 7.09. The minimum atomic E-state index is 0.857. The molecule has 0 aliphatic heterocycles. The van der Waals surface area contributed by atoms with Crippen LogP contribution in [0.4, 0.5) is 0 Å². The molecule has 0 saturated heterocycles. The van der Waals surface area contributed by atoms with Gasteiger partial charge in [0.15, 0.2) is 0 Å². The van der Waals surface area contributed by atoms with Crippen LogP contribution < -0.4 is 4.74 Å². The fourth-order valence-corrected chi connectivity index (χ4v) is 1.29. The van der Waals surface area contributed by atoms with Crippen LogP contribution in [0.3, 0.4) is 0 Å². The van der Waals surface area contributed by atoms with Crippen LogP contribution in [-0.4, -0.2) is 7.11 Å². The molecule has 0 amide bonds. The van der Waals surface area contributed by atoms with Crippen LogP contribution in [-0.2, 0) is 0 Å². The topological polar surface area (TPSA) is 22.4 Å². The predicted molar refractivity (Wildman–Crippen MR) is 64.1 cm³/mol. The van der Waals surface area contributed by atoms with Crippen molar-refractivity contribution >= 4 is 12.2 Å². The normalized spacial score (nSPS) is 9.31. The number of ether oxygens (including phenoxy) is 1. The Morgan fingerprint density at radius 3 is 2.44 bits per heavy atom. The minimum Gasteiger partial charge on any atom is -0.497 e. The van der Waals surface area contributed by atoms with Gasteiger partial charge in [-0.3, -0.25) is 0 Å². The number of hydrogen-bond donors (Lipinski definition) is 0. The van der Waals surface area contributed by atoms with Crippen molar-refractivity contribution in [3.8, 4) is 5.75 Å². The van der Waals surface area contributed by atoms with E-state index in [2.05, 4.69) is 5.73 Å². The molecule has 0 atom stereocenters. The van der Waals surface area contributed by atoms with Crippen LogP contribution in [0.25, 0.3) is 12.2 Å². The van der Waals surface area contributed by atoms with Gasteiger partial charge in [-0.1, -0.05) is 12.1 Å². The molecule has 0 spiro atoms. The molecule has 0 radical (unpaired) electrons. The lowest BCUT2D eigenvalue weighted by Crippen LogP contribution is -1.80. The first-order chi connectivity index (χ1) is 7.88. The van der Waals surface area contributed by atoms with Gasteiger partial charge in [0, 0.05) is 5.56 Å². The molecule has 1 heterocycles. The fourth-order valence-electron chi connectivity index (χ4n) is 1.29. The number of hydrogen-bond acceptors (Lipinski definition) is 2. The molecule has 16 heavy (non-hydrogen) atoms. The second-order valence-corrected chi connectivity index (χ2v) is 3.29. The second kappa shape index (κ2) is 5.06. The average Bonchev–Trinajstić information content (AvgIpc) is 2.83.